The molecule has 2 atom stereocenters. The van der Waals surface area contributed by atoms with Gasteiger partial charge in [0.15, 0.2) is 11.6 Å². The van der Waals surface area contributed by atoms with Gasteiger partial charge >= 0.3 is 0 Å². The molecule has 0 amide bonds. The van der Waals surface area contributed by atoms with Crippen LogP contribution in [0.25, 0.3) is 0 Å². The van der Waals surface area contributed by atoms with Gasteiger partial charge in [-0.3, -0.25) is 0 Å². The lowest BCUT2D eigenvalue weighted by molar-refractivity contribution is -0.00470. The summed E-state index contributed by atoms with van der Waals surface area (Å²) in [6.45, 7) is 2.40. The molecule has 1 aromatic carbocycles. The van der Waals surface area contributed by atoms with Gasteiger partial charge in [0.2, 0.25) is 0 Å². The largest absolute Gasteiger partial charge is 0.488 e. The van der Waals surface area contributed by atoms with Crippen molar-refractivity contribution in [2.75, 3.05) is 33.5 Å². The zero-order valence-electron chi connectivity index (χ0n) is 11.7. The predicted molar refractivity (Wildman–Crippen MR) is 71.2 cm³/mol. The maximum Gasteiger partial charge on any atom is 0.165 e. The van der Waals surface area contributed by atoms with Gasteiger partial charge in [-0.15, -0.1) is 0 Å². The van der Waals surface area contributed by atoms with Crippen LogP contribution >= 0.6 is 0 Å². The lowest BCUT2D eigenvalue weighted by Crippen LogP contribution is -2.24. The third-order valence-electron chi connectivity index (χ3n) is 2.61. The van der Waals surface area contributed by atoms with E-state index in [1.165, 1.54) is 12.1 Å². The van der Waals surface area contributed by atoms with Crippen molar-refractivity contribution < 1.29 is 28.8 Å². The third kappa shape index (κ3) is 5.83. The molecule has 0 bridgehead atoms. The van der Waals surface area contributed by atoms with E-state index in [-0.39, 0.29) is 19.0 Å². The summed E-state index contributed by atoms with van der Waals surface area (Å²) in [5.41, 5.74) is 0.471. The fourth-order valence-corrected chi connectivity index (χ4v) is 1.49. The van der Waals surface area contributed by atoms with Gasteiger partial charge in [0.25, 0.3) is 0 Å². The Kier molecular flexibility index (Phi) is 7.46. The van der Waals surface area contributed by atoms with E-state index in [0.29, 0.717) is 18.8 Å². The molecule has 0 aliphatic rings. The molecule has 0 heterocycles. The van der Waals surface area contributed by atoms with E-state index in [2.05, 4.69) is 0 Å². The minimum Gasteiger partial charge on any atom is -0.488 e. The number of hydrogen-bond donors (Lipinski definition) is 2. The van der Waals surface area contributed by atoms with E-state index in [0.717, 1.165) is 0 Å². The molecule has 0 saturated heterocycles. The Labute approximate surface area is 117 Å². The number of aliphatic hydroxyl groups is 2. The summed E-state index contributed by atoms with van der Waals surface area (Å²) in [5.74, 6) is -0.541. The number of methoxy groups -OCH3 is 1. The predicted octanol–water partition coefficient (Wildman–Crippen LogP) is 1.28. The second-order valence-electron chi connectivity index (χ2n) is 4.40. The molecule has 1 rings (SSSR count). The Hall–Kier alpha value is -1.21. The minimum atomic E-state index is -0.845. The molecule has 0 aromatic heterocycles. The number of halogens is 1. The normalized spacial score (nSPS) is 14.1. The highest BCUT2D eigenvalue weighted by Gasteiger charge is 2.10. The summed E-state index contributed by atoms with van der Waals surface area (Å²) in [4.78, 5) is 0. The molecule has 0 spiro atoms. The minimum absolute atomic E-state index is 0.0327. The van der Waals surface area contributed by atoms with Crippen molar-refractivity contribution in [3.8, 4) is 5.75 Å². The lowest BCUT2D eigenvalue weighted by atomic mass is 10.1. The first-order valence-corrected chi connectivity index (χ1v) is 6.39. The standard InChI is InChI=1S/C14H21FO5/c1-10(16)11-3-4-14(13(15)7-11)20-9-12(17)8-19-6-5-18-2/h3-4,7,10,12,16-17H,5-6,8-9H2,1-2H3/t10-,12?/m1/s1. The zero-order valence-corrected chi connectivity index (χ0v) is 11.7. The molecule has 1 unspecified atom stereocenters. The number of aliphatic hydroxyl groups excluding tert-OH is 2. The average molecular weight is 288 g/mol. The summed E-state index contributed by atoms with van der Waals surface area (Å²) in [6.07, 6.45) is -1.58. The van der Waals surface area contributed by atoms with E-state index in [9.17, 15) is 14.6 Å². The van der Waals surface area contributed by atoms with Crippen LogP contribution in [0.3, 0.4) is 0 Å². The van der Waals surface area contributed by atoms with Gasteiger partial charge in [-0.05, 0) is 24.6 Å². The second kappa shape index (κ2) is 8.86. The van der Waals surface area contributed by atoms with E-state index in [1.807, 2.05) is 0 Å². The molecular weight excluding hydrogens is 267 g/mol. The quantitative estimate of drug-likeness (QED) is 0.670. The Morgan fingerprint density at radius 1 is 1.20 bits per heavy atom. The first-order valence-electron chi connectivity index (χ1n) is 6.39. The Morgan fingerprint density at radius 2 is 1.95 bits per heavy atom. The number of ether oxygens (including phenoxy) is 3. The summed E-state index contributed by atoms with van der Waals surface area (Å²) >= 11 is 0. The van der Waals surface area contributed by atoms with Crippen LogP contribution < -0.4 is 4.74 Å². The van der Waals surface area contributed by atoms with Crippen molar-refractivity contribution in [2.24, 2.45) is 0 Å². The molecule has 20 heavy (non-hydrogen) atoms. The van der Waals surface area contributed by atoms with E-state index >= 15 is 0 Å². The van der Waals surface area contributed by atoms with Crippen LogP contribution in [0, 0.1) is 5.82 Å². The van der Waals surface area contributed by atoms with Crippen LogP contribution in [-0.2, 0) is 9.47 Å². The molecule has 0 aliphatic carbocycles. The highest BCUT2D eigenvalue weighted by molar-refractivity contribution is 5.30. The summed E-state index contributed by atoms with van der Waals surface area (Å²) < 4.78 is 28.7. The fraction of sp³-hybridized carbons (Fsp3) is 0.571. The SMILES string of the molecule is COCCOCC(O)COc1ccc([C@@H](C)O)cc1F. The van der Waals surface area contributed by atoms with Crippen molar-refractivity contribution >= 4 is 0 Å². The monoisotopic (exact) mass is 288 g/mol. The topological polar surface area (TPSA) is 68.2 Å². The smallest absolute Gasteiger partial charge is 0.165 e. The molecule has 6 heteroatoms. The number of hydrogen-bond acceptors (Lipinski definition) is 5. The summed E-state index contributed by atoms with van der Waals surface area (Å²) in [7, 11) is 1.56. The van der Waals surface area contributed by atoms with Crippen molar-refractivity contribution in [2.45, 2.75) is 19.1 Å². The first kappa shape index (κ1) is 16.8. The number of rotatable bonds is 9. The van der Waals surface area contributed by atoms with Crippen molar-refractivity contribution in [3.63, 3.8) is 0 Å². The van der Waals surface area contributed by atoms with Crippen LogP contribution in [0.15, 0.2) is 18.2 Å². The Balaban J connectivity index is 2.37. The van der Waals surface area contributed by atoms with Gasteiger partial charge < -0.3 is 24.4 Å². The number of benzene rings is 1. The molecule has 5 nitrogen and oxygen atoms in total. The highest BCUT2D eigenvalue weighted by atomic mass is 19.1. The molecular formula is C14H21FO5. The fourth-order valence-electron chi connectivity index (χ4n) is 1.49. The first-order chi connectivity index (χ1) is 9.54. The van der Waals surface area contributed by atoms with E-state index in [4.69, 9.17) is 14.2 Å². The van der Waals surface area contributed by atoms with E-state index in [1.54, 1.807) is 20.1 Å². The van der Waals surface area contributed by atoms with Gasteiger partial charge in [-0.2, -0.15) is 0 Å². The van der Waals surface area contributed by atoms with Crippen LogP contribution in [-0.4, -0.2) is 49.9 Å². The third-order valence-corrected chi connectivity index (χ3v) is 2.61. The second-order valence-corrected chi connectivity index (χ2v) is 4.40. The Morgan fingerprint density at radius 3 is 2.55 bits per heavy atom. The van der Waals surface area contributed by atoms with Crippen LogP contribution in [0.1, 0.15) is 18.6 Å². The molecule has 2 N–H and O–H groups in total. The van der Waals surface area contributed by atoms with Crippen LogP contribution in [0.4, 0.5) is 4.39 Å². The van der Waals surface area contributed by atoms with Gasteiger partial charge in [-0.1, -0.05) is 6.07 Å². The van der Waals surface area contributed by atoms with Crippen molar-refractivity contribution in [3.05, 3.63) is 29.6 Å². The van der Waals surface area contributed by atoms with Crippen molar-refractivity contribution in [1.82, 2.24) is 0 Å². The summed E-state index contributed by atoms with van der Waals surface area (Å²) in [5, 5.41) is 18.9. The van der Waals surface area contributed by atoms with E-state index < -0.39 is 18.0 Å². The van der Waals surface area contributed by atoms with Gasteiger partial charge in [0, 0.05) is 7.11 Å². The average Bonchev–Trinajstić information content (AvgIpc) is 2.42. The lowest BCUT2D eigenvalue weighted by Gasteiger charge is -2.14. The van der Waals surface area contributed by atoms with Gasteiger partial charge in [0.05, 0.1) is 25.9 Å². The van der Waals surface area contributed by atoms with Gasteiger partial charge in [-0.25, -0.2) is 4.39 Å². The molecule has 114 valence electrons. The zero-order chi connectivity index (χ0) is 15.0. The van der Waals surface area contributed by atoms with Crippen LogP contribution in [0.5, 0.6) is 5.75 Å². The maximum absolute atomic E-state index is 13.6. The Bertz CT molecular complexity index is 397. The molecule has 0 aliphatic heterocycles. The molecule has 0 saturated carbocycles. The van der Waals surface area contributed by atoms with Gasteiger partial charge in [0.1, 0.15) is 12.7 Å². The van der Waals surface area contributed by atoms with Crippen molar-refractivity contribution in [1.29, 1.82) is 0 Å². The molecule has 1 aromatic rings. The highest BCUT2D eigenvalue weighted by Crippen LogP contribution is 2.22. The molecule has 0 radical (unpaired) electrons. The maximum atomic E-state index is 13.6. The van der Waals surface area contributed by atoms with Crippen LogP contribution in [0.2, 0.25) is 0 Å². The molecule has 0 fully saturated rings. The summed E-state index contributed by atoms with van der Waals surface area (Å²) in [6, 6.07) is 4.21.